The summed E-state index contributed by atoms with van der Waals surface area (Å²) in [7, 11) is 1.56. The molecule has 6 heteroatoms. The van der Waals surface area contributed by atoms with E-state index in [4.69, 9.17) is 16.3 Å². The molecule has 2 rings (SSSR count). The van der Waals surface area contributed by atoms with Crippen LogP contribution in [-0.2, 0) is 0 Å². The van der Waals surface area contributed by atoms with Gasteiger partial charge in [-0.15, -0.1) is 12.4 Å². The molecule has 1 aromatic carbocycles. The molecule has 0 saturated heterocycles. The van der Waals surface area contributed by atoms with Crippen LogP contribution in [-0.4, -0.2) is 18.0 Å². The van der Waals surface area contributed by atoms with E-state index in [1.165, 1.54) is 0 Å². The smallest absolute Gasteiger partial charge is 0.255 e. The fourth-order valence-corrected chi connectivity index (χ4v) is 1.64. The number of aromatic nitrogens is 1. The number of methoxy groups -OCH3 is 1. The van der Waals surface area contributed by atoms with Crippen molar-refractivity contribution in [1.82, 2.24) is 4.98 Å². The van der Waals surface area contributed by atoms with Gasteiger partial charge in [0.25, 0.3) is 5.91 Å². The Labute approximate surface area is 122 Å². The third-order valence-corrected chi connectivity index (χ3v) is 2.68. The number of halogens is 2. The number of benzene rings is 1. The number of ether oxygens (including phenoxy) is 1. The summed E-state index contributed by atoms with van der Waals surface area (Å²) in [5, 5.41) is 3.15. The number of nitrogens with one attached hydrogen (secondary N) is 1. The van der Waals surface area contributed by atoms with E-state index in [0.717, 1.165) is 0 Å². The van der Waals surface area contributed by atoms with Gasteiger partial charge < -0.3 is 10.1 Å². The van der Waals surface area contributed by atoms with Crippen LogP contribution < -0.4 is 10.1 Å². The molecule has 4 nitrogen and oxygen atoms in total. The highest BCUT2D eigenvalue weighted by Crippen LogP contribution is 2.26. The molecule has 0 saturated carbocycles. The lowest BCUT2D eigenvalue weighted by molar-refractivity contribution is 0.102. The maximum absolute atomic E-state index is 11.9. The zero-order valence-electron chi connectivity index (χ0n) is 10.1. The summed E-state index contributed by atoms with van der Waals surface area (Å²) in [6.45, 7) is 0. The zero-order valence-corrected chi connectivity index (χ0v) is 11.7. The number of carbonyl (C=O) groups is 1. The minimum atomic E-state index is -0.232. The standard InChI is InChI=1S/C13H11ClN2O2.ClH/c1-18-10-2-3-12(11(14)8-10)16-13(17)9-4-6-15-7-5-9;/h2-8H,1H3,(H,16,17);1H. The molecule has 2 aromatic rings. The van der Waals surface area contributed by atoms with Crippen LogP contribution >= 0.6 is 24.0 Å². The third kappa shape index (κ3) is 3.84. The van der Waals surface area contributed by atoms with Crippen molar-refractivity contribution in [3.8, 4) is 5.75 Å². The van der Waals surface area contributed by atoms with Gasteiger partial charge in [0.15, 0.2) is 0 Å². The lowest BCUT2D eigenvalue weighted by atomic mass is 10.2. The van der Waals surface area contributed by atoms with E-state index in [9.17, 15) is 4.79 Å². The first-order chi connectivity index (χ1) is 8.70. The SMILES string of the molecule is COc1ccc(NC(=O)c2ccncc2)c(Cl)c1.Cl. The number of carbonyl (C=O) groups excluding carboxylic acids is 1. The number of pyridine rings is 1. The van der Waals surface area contributed by atoms with Crippen LogP contribution in [0.3, 0.4) is 0 Å². The Morgan fingerprint density at radius 2 is 1.95 bits per heavy atom. The average molecular weight is 299 g/mol. The molecule has 0 aliphatic heterocycles. The van der Waals surface area contributed by atoms with E-state index >= 15 is 0 Å². The second-order valence-corrected chi connectivity index (χ2v) is 3.94. The third-order valence-electron chi connectivity index (χ3n) is 2.37. The van der Waals surface area contributed by atoms with Gasteiger partial charge in [0.2, 0.25) is 0 Å². The quantitative estimate of drug-likeness (QED) is 0.944. The highest BCUT2D eigenvalue weighted by Gasteiger charge is 2.08. The maximum atomic E-state index is 11.9. The molecule has 1 heterocycles. The van der Waals surface area contributed by atoms with Crippen molar-refractivity contribution in [3.63, 3.8) is 0 Å². The molecule has 0 aliphatic rings. The summed E-state index contributed by atoms with van der Waals surface area (Å²) in [5.74, 6) is 0.409. The molecular formula is C13H12Cl2N2O2. The molecule has 100 valence electrons. The molecule has 1 aromatic heterocycles. The first-order valence-corrected chi connectivity index (χ1v) is 5.63. The zero-order chi connectivity index (χ0) is 13.0. The Morgan fingerprint density at radius 1 is 1.26 bits per heavy atom. The van der Waals surface area contributed by atoms with Gasteiger partial charge in [0, 0.05) is 24.0 Å². The lowest BCUT2D eigenvalue weighted by Crippen LogP contribution is -2.12. The van der Waals surface area contributed by atoms with Gasteiger partial charge in [-0.25, -0.2) is 0 Å². The van der Waals surface area contributed by atoms with Crippen LogP contribution in [0.15, 0.2) is 42.7 Å². The molecule has 0 atom stereocenters. The fourth-order valence-electron chi connectivity index (χ4n) is 1.42. The monoisotopic (exact) mass is 298 g/mol. The molecule has 0 fully saturated rings. The molecule has 19 heavy (non-hydrogen) atoms. The van der Waals surface area contributed by atoms with Gasteiger partial charge in [0.05, 0.1) is 17.8 Å². The van der Waals surface area contributed by atoms with Crippen molar-refractivity contribution in [2.24, 2.45) is 0 Å². The summed E-state index contributed by atoms with van der Waals surface area (Å²) < 4.78 is 5.03. The Hall–Kier alpha value is -1.78. The van der Waals surface area contributed by atoms with Crippen molar-refractivity contribution in [2.75, 3.05) is 12.4 Å². The predicted octanol–water partition coefficient (Wildman–Crippen LogP) is 3.42. The number of hydrogen-bond donors (Lipinski definition) is 1. The summed E-state index contributed by atoms with van der Waals surface area (Å²) in [6.07, 6.45) is 3.12. The number of nitrogens with zero attached hydrogens (tertiary/aromatic N) is 1. The van der Waals surface area contributed by atoms with Gasteiger partial charge in [-0.3, -0.25) is 9.78 Å². The Morgan fingerprint density at radius 3 is 2.53 bits per heavy atom. The van der Waals surface area contributed by atoms with Crippen molar-refractivity contribution < 1.29 is 9.53 Å². The maximum Gasteiger partial charge on any atom is 0.255 e. The van der Waals surface area contributed by atoms with Crippen LogP contribution in [0, 0.1) is 0 Å². The van der Waals surface area contributed by atoms with E-state index in [1.807, 2.05) is 0 Å². The molecule has 1 amide bonds. The van der Waals surface area contributed by atoms with Crippen LogP contribution in [0.4, 0.5) is 5.69 Å². The van der Waals surface area contributed by atoms with E-state index in [0.29, 0.717) is 22.0 Å². The highest BCUT2D eigenvalue weighted by atomic mass is 35.5. The molecule has 1 N–H and O–H groups in total. The van der Waals surface area contributed by atoms with Gasteiger partial charge in [-0.05, 0) is 24.3 Å². The minimum absolute atomic E-state index is 0. The number of anilines is 1. The highest BCUT2D eigenvalue weighted by molar-refractivity contribution is 6.34. The number of rotatable bonds is 3. The Balaban J connectivity index is 0.00000180. The van der Waals surface area contributed by atoms with Crippen molar-refractivity contribution in [2.45, 2.75) is 0 Å². The predicted molar refractivity (Wildman–Crippen MR) is 77.4 cm³/mol. The van der Waals surface area contributed by atoms with Crippen molar-refractivity contribution >= 4 is 35.6 Å². The number of amides is 1. The molecular weight excluding hydrogens is 287 g/mol. The van der Waals surface area contributed by atoms with E-state index < -0.39 is 0 Å². The minimum Gasteiger partial charge on any atom is -0.497 e. The van der Waals surface area contributed by atoms with Crippen LogP contribution in [0.25, 0.3) is 0 Å². The summed E-state index contributed by atoms with van der Waals surface area (Å²) >= 11 is 6.03. The first-order valence-electron chi connectivity index (χ1n) is 5.25. The largest absolute Gasteiger partial charge is 0.497 e. The van der Waals surface area contributed by atoms with Crippen LogP contribution in [0.5, 0.6) is 5.75 Å². The fraction of sp³-hybridized carbons (Fsp3) is 0.0769. The second kappa shape index (κ2) is 6.97. The van der Waals surface area contributed by atoms with E-state index in [2.05, 4.69) is 10.3 Å². The molecule has 0 bridgehead atoms. The molecule has 0 radical (unpaired) electrons. The summed E-state index contributed by atoms with van der Waals surface area (Å²) in [5.41, 5.74) is 1.07. The summed E-state index contributed by atoms with van der Waals surface area (Å²) in [4.78, 5) is 15.7. The summed E-state index contributed by atoms with van der Waals surface area (Å²) in [6, 6.07) is 8.33. The Bertz CT molecular complexity index is 562. The van der Waals surface area contributed by atoms with Crippen molar-refractivity contribution in [1.29, 1.82) is 0 Å². The van der Waals surface area contributed by atoms with Crippen molar-refractivity contribution in [3.05, 3.63) is 53.3 Å². The van der Waals surface area contributed by atoms with Gasteiger partial charge >= 0.3 is 0 Å². The van der Waals surface area contributed by atoms with E-state index in [-0.39, 0.29) is 18.3 Å². The number of hydrogen-bond acceptors (Lipinski definition) is 3. The van der Waals surface area contributed by atoms with Gasteiger partial charge in [0.1, 0.15) is 5.75 Å². The Kier molecular flexibility index (Phi) is 5.60. The molecule has 0 aliphatic carbocycles. The van der Waals surface area contributed by atoms with Gasteiger partial charge in [-0.2, -0.15) is 0 Å². The molecule has 0 unspecified atom stereocenters. The first kappa shape index (κ1) is 15.3. The van der Waals surface area contributed by atoms with E-state index in [1.54, 1.807) is 49.8 Å². The normalized spacial score (nSPS) is 9.37. The van der Waals surface area contributed by atoms with Crippen LogP contribution in [0.1, 0.15) is 10.4 Å². The lowest BCUT2D eigenvalue weighted by Gasteiger charge is -2.08. The average Bonchev–Trinajstić information content (AvgIpc) is 2.42. The molecule has 0 spiro atoms. The topological polar surface area (TPSA) is 51.2 Å². The van der Waals surface area contributed by atoms with Gasteiger partial charge in [-0.1, -0.05) is 11.6 Å². The second-order valence-electron chi connectivity index (χ2n) is 3.54. The van der Waals surface area contributed by atoms with Crippen LogP contribution in [0.2, 0.25) is 5.02 Å².